The lowest BCUT2D eigenvalue weighted by Gasteiger charge is -2.33. The Balaban J connectivity index is 1.59. The predicted octanol–water partition coefficient (Wildman–Crippen LogP) is 2.83. The molecule has 3 rings (SSSR count). The summed E-state index contributed by atoms with van der Waals surface area (Å²) < 4.78 is 5.50. The van der Waals surface area contributed by atoms with Crippen molar-refractivity contribution < 1.29 is 4.74 Å². The van der Waals surface area contributed by atoms with Crippen molar-refractivity contribution in [2.24, 2.45) is 5.92 Å². The summed E-state index contributed by atoms with van der Waals surface area (Å²) in [5.74, 6) is 1.82. The first-order valence-electron chi connectivity index (χ1n) is 7.97. The Kier molecular flexibility index (Phi) is 4.27. The van der Waals surface area contributed by atoms with E-state index in [1.807, 2.05) is 6.92 Å². The van der Waals surface area contributed by atoms with E-state index in [9.17, 15) is 0 Å². The molecule has 1 aromatic rings. The average Bonchev–Trinajstić information content (AvgIpc) is 2.86. The normalized spacial score (nSPS) is 30.2. The summed E-state index contributed by atoms with van der Waals surface area (Å²) in [4.78, 5) is 2.60. The van der Waals surface area contributed by atoms with E-state index < -0.39 is 0 Å². The van der Waals surface area contributed by atoms with Crippen molar-refractivity contribution in [2.45, 2.75) is 38.8 Å². The van der Waals surface area contributed by atoms with Crippen molar-refractivity contribution in [3.8, 4) is 5.75 Å². The molecule has 0 aliphatic carbocycles. The molecular weight excluding hydrogens is 248 g/mol. The Morgan fingerprint density at radius 2 is 2.00 bits per heavy atom. The van der Waals surface area contributed by atoms with Crippen LogP contribution in [-0.4, -0.2) is 37.2 Å². The van der Waals surface area contributed by atoms with Gasteiger partial charge in [-0.1, -0.05) is 12.1 Å². The van der Waals surface area contributed by atoms with Crippen molar-refractivity contribution in [1.82, 2.24) is 10.2 Å². The Bertz CT molecular complexity index is 431. The standard InChI is InChI=1S/C17H26N2O/c1-3-20-16-6-4-14(5-7-16)13(2)18-17-9-11-19-10-8-15(17)12-19/h4-7,13,15,17-18H,3,8-12H2,1-2H3. The molecule has 2 bridgehead atoms. The molecule has 2 saturated heterocycles. The number of benzene rings is 1. The van der Waals surface area contributed by atoms with Crippen LogP contribution in [0, 0.1) is 5.92 Å². The largest absolute Gasteiger partial charge is 0.494 e. The van der Waals surface area contributed by atoms with Gasteiger partial charge >= 0.3 is 0 Å². The van der Waals surface area contributed by atoms with E-state index in [0.29, 0.717) is 12.1 Å². The second kappa shape index (κ2) is 6.15. The van der Waals surface area contributed by atoms with E-state index in [1.165, 1.54) is 38.0 Å². The first-order chi connectivity index (χ1) is 9.76. The Morgan fingerprint density at radius 3 is 2.75 bits per heavy atom. The molecule has 0 radical (unpaired) electrons. The quantitative estimate of drug-likeness (QED) is 0.893. The monoisotopic (exact) mass is 274 g/mol. The van der Waals surface area contributed by atoms with Crippen LogP contribution < -0.4 is 10.1 Å². The summed E-state index contributed by atoms with van der Waals surface area (Å²) >= 11 is 0. The number of nitrogens with one attached hydrogen (secondary N) is 1. The molecule has 0 saturated carbocycles. The van der Waals surface area contributed by atoms with Crippen LogP contribution in [0.15, 0.2) is 24.3 Å². The summed E-state index contributed by atoms with van der Waals surface area (Å²) in [5, 5.41) is 3.85. The van der Waals surface area contributed by atoms with Gasteiger partial charge in [0.1, 0.15) is 5.75 Å². The Hall–Kier alpha value is -1.06. The van der Waals surface area contributed by atoms with Crippen molar-refractivity contribution in [1.29, 1.82) is 0 Å². The lowest BCUT2D eigenvalue weighted by Crippen LogP contribution is -2.44. The van der Waals surface area contributed by atoms with E-state index in [-0.39, 0.29) is 0 Å². The van der Waals surface area contributed by atoms with Crippen LogP contribution in [0.1, 0.15) is 38.3 Å². The maximum absolute atomic E-state index is 5.50. The van der Waals surface area contributed by atoms with Gasteiger partial charge in [0.15, 0.2) is 0 Å². The molecule has 0 spiro atoms. The van der Waals surface area contributed by atoms with Crippen molar-refractivity contribution in [3.63, 3.8) is 0 Å². The molecule has 4 unspecified atom stereocenters. The fourth-order valence-electron chi connectivity index (χ4n) is 3.61. The summed E-state index contributed by atoms with van der Waals surface area (Å²) in [7, 11) is 0. The second-order valence-corrected chi connectivity index (χ2v) is 6.13. The van der Waals surface area contributed by atoms with Crippen LogP contribution in [0.4, 0.5) is 0 Å². The first kappa shape index (κ1) is 13.9. The van der Waals surface area contributed by atoms with E-state index in [0.717, 1.165) is 18.3 Å². The van der Waals surface area contributed by atoms with Gasteiger partial charge in [-0.05, 0) is 63.4 Å². The highest BCUT2D eigenvalue weighted by Gasteiger charge is 2.34. The van der Waals surface area contributed by atoms with Gasteiger partial charge in [-0.15, -0.1) is 0 Å². The van der Waals surface area contributed by atoms with Crippen LogP contribution in [0.25, 0.3) is 0 Å². The minimum atomic E-state index is 0.419. The van der Waals surface area contributed by atoms with Crippen molar-refractivity contribution >= 4 is 0 Å². The summed E-state index contributed by atoms with van der Waals surface area (Å²) in [5.41, 5.74) is 1.36. The highest BCUT2D eigenvalue weighted by molar-refractivity contribution is 5.29. The van der Waals surface area contributed by atoms with E-state index >= 15 is 0 Å². The highest BCUT2D eigenvalue weighted by Crippen LogP contribution is 2.29. The van der Waals surface area contributed by atoms with Gasteiger partial charge in [0.05, 0.1) is 6.61 Å². The molecule has 0 amide bonds. The number of rotatable bonds is 5. The minimum Gasteiger partial charge on any atom is -0.494 e. The molecular formula is C17H26N2O. The number of hydrogen-bond acceptors (Lipinski definition) is 3. The minimum absolute atomic E-state index is 0.419. The fraction of sp³-hybridized carbons (Fsp3) is 0.647. The molecule has 1 N–H and O–H groups in total. The van der Waals surface area contributed by atoms with Gasteiger partial charge in [-0.2, -0.15) is 0 Å². The van der Waals surface area contributed by atoms with E-state index in [1.54, 1.807) is 0 Å². The van der Waals surface area contributed by atoms with Crippen LogP contribution in [0.3, 0.4) is 0 Å². The lowest BCUT2D eigenvalue weighted by atomic mass is 9.93. The fourth-order valence-corrected chi connectivity index (χ4v) is 3.61. The number of ether oxygens (including phenoxy) is 1. The van der Waals surface area contributed by atoms with Crippen LogP contribution in [0.2, 0.25) is 0 Å². The number of piperidine rings is 1. The highest BCUT2D eigenvalue weighted by atomic mass is 16.5. The summed E-state index contributed by atoms with van der Waals surface area (Å²) in [6, 6.07) is 9.64. The third kappa shape index (κ3) is 2.99. The number of nitrogens with zero attached hydrogens (tertiary/aromatic N) is 1. The zero-order valence-electron chi connectivity index (χ0n) is 12.6. The molecule has 110 valence electrons. The zero-order valence-corrected chi connectivity index (χ0v) is 12.6. The first-order valence-corrected chi connectivity index (χ1v) is 7.97. The van der Waals surface area contributed by atoms with E-state index in [2.05, 4.69) is 41.4 Å². The maximum atomic E-state index is 5.50. The summed E-state index contributed by atoms with van der Waals surface area (Å²) in [6.45, 7) is 8.90. The molecule has 2 heterocycles. The Labute approximate surface area is 122 Å². The van der Waals surface area contributed by atoms with Crippen LogP contribution >= 0.6 is 0 Å². The molecule has 3 heteroatoms. The molecule has 0 aromatic heterocycles. The van der Waals surface area contributed by atoms with Crippen molar-refractivity contribution in [2.75, 3.05) is 26.2 Å². The van der Waals surface area contributed by atoms with Gasteiger partial charge in [0, 0.05) is 18.6 Å². The van der Waals surface area contributed by atoms with Crippen LogP contribution in [-0.2, 0) is 0 Å². The number of fused-ring (bicyclic) bond motifs is 2. The zero-order chi connectivity index (χ0) is 13.9. The lowest BCUT2D eigenvalue weighted by molar-refractivity contribution is 0.212. The molecule has 2 fully saturated rings. The molecule has 1 aromatic carbocycles. The molecule has 4 atom stereocenters. The van der Waals surface area contributed by atoms with Gasteiger partial charge < -0.3 is 15.0 Å². The molecule has 3 nitrogen and oxygen atoms in total. The third-order valence-corrected chi connectivity index (χ3v) is 4.79. The Morgan fingerprint density at radius 1 is 1.25 bits per heavy atom. The third-order valence-electron chi connectivity index (χ3n) is 4.79. The van der Waals surface area contributed by atoms with Gasteiger partial charge in [-0.3, -0.25) is 0 Å². The smallest absolute Gasteiger partial charge is 0.119 e. The van der Waals surface area contributed by atoms with Crippen LogP contribution in [0.5, 0.6) is 5.75 Å². The second-order valence-electron chi connectivity index (χ2n) is 6.13. The van der Waals surface area contributed by atoms with E-state index in [4.69, 9.17) is 4.74 Å². The van der Waals surface area contributed by atoms with Gasteiger partial charge in [-0.25, -0.2) is 0 Å². The molecule has 2 aliphatic rings. The van der Waals surface area contributed by atoms with Gasteiger partial charge in [0.25, 0.3) is 0 Å². The maximum Gasteiger partial charge on any atom is 0.119 e. The molecule has 2 aliphatic heterocycles. The van der Waals surface area contributed by atoms with Gasteiger partial charge in [0.2, 0.25) is 0 Å². The topological polar surface area (TPSA) is 24.5 Å². The average molecular weight is 274 g/mol. The summed E-state index contributed by atoms with van der Waals surface area (Å²) in [6.07, 6.45) is 2.67. The number of hydrogen-bond donors (Lipinski definition) is 1. The molecule has 20 heavy (non-hydrogen) atoms. The SMILES string of the molecule is CCOc1ccc(C(C)NC2CCN3CCC2C3)cc1. The predicted molar refractivity (Wildman–Crippen MR) is 82.1 cm³/mol. The van der Waals surface area contributed by atoms with Crippen molar-refractivity contribution in [3.05, 3.63) is 29.8 Å².